The van der Waals surface area contributed by atoms with Gasteiger partial charge in [0.2, 0.25) is 0 Å². The smallest absolute Gasteiger partial charge is 0.258 e. The Morgan fingerprint density at radius 2 is 2.05 bits per heavy atom. The number of rotatable bonds is 2. The zero-order valence-corrected chi connectivity index (χ0v) is 12.0. The Kier molecular flexibility index (Phi) is 3.30. The van der Waals surface area contributed by atoms with Crippen LogP contribution < -0.4 is 4.80 Å². The minimum atomic E-state index is -0.551. The maximum atomic E-state index is 13.0. The quantitative estimate of drug-likeness (QED) is 0.837. The number of halogens is 1. The highest BCUT2D eigenvalue weighted by atomic mass is 32.1. The number of carbonyl (C=O) groups is 1. The van der Waals surface area contributed by atoms with Gasteiger partial charge in [0.1, 0.15) is 5.82 Å². The maximum Gasteiger partial charge on any atom is 0.258 e. The predicted molar refractivity (Wildman–Crippen MR) is 75.8 cm³/mol. The molecule has 0 unspecified atom stereocenters. The van der Waals surface area contributed by atoms with Gasteiger partial charge < -0.3 is 4.57 Å². The average molecular weight is 290 g/mol. The Morgan fingerprint density at radius 3 is 2.55 bits per heavy atom. The van der Waals surface area contributed by atoms with Gasteiger partial charge >= 0.3 is 0 Å². The van der Waals surface area contributed by atoms with Crippen LogP contribution in [0.3, 0.4) is 0 Å². The van der Waals surface area contributed by atoms with Crippen molar-refractivity contribution >= 4 is 17.2 Å². The molecule has 0 atom stereocenters. The van der Waals surface area contributed by atoms with E-state index in [1.165, 1.54) is 23.5 Å². The van der Waals surface area contributed by atoms with Crippen molar-refractivity contribution in [1.29, 1.82) is 0 Å². The van der Waals surface area contributed by atoms with Gasteiger partial charge in [0.25, 0.3) is 5.91 Å². The van der Waals surface area contributed by atoms with Crippen LogP contribution in [0.25, 0.3) is 0 Å². The molecular weight excluding hydrogens is 275 g/mol. The molecule has 0 bridgehead atoms. The van der Waals surface area contributed by atoms with E-state index in [4.69, 9.17) is 0 Å². The molecular formula is C15H15FN2OS. The molecule has 1 aliphatic rings. The number of hydrogen-bond acceptors (Lipinski definition) is 2. The second kappa shape index (κ2) is 4.98. The van der Waals surface area contributed by atoms with Crippen LogP contribution in [0.5, 0.6) is 0 Å². The summed E-state index contributed by atoms with van der Waals surface area (Å²) in [7, 11) is 1.87. The van der Waals surface area contributed by atoms with Gasteiger partial charge in [0.15, 0.2) is 4.80 Å². The Labute approximate surface area is 120 Å². The topological polar surface area (TPSA) is 34.4 Å². The molecule has 1 aromatic heterocycles. The van der Waals surface area contributed by atoms with E-state index in [-0.39, 0.29) is 11.7 Å². The van der Waals surface area contributed by atoms with Crippen molar-refractivity contribution < 1.29 is 9.18 Å². The number of aryl methyl sites for hydroxylation is 1. The Hall–Kier alpha value is -1.75. The summed E-state index contributed by atoms with van der Waals surface area (Å²) in [4.78, 5) is 17.5. The number of carbonyl (C=O) groups excluding carboxylic acids is 1. The lowest BCUT2D eigenvalue weighted by Crippen LogP contribution is -2.42. The van der Waals surface area contributed by atoms with Crippen molar-refractivity contribution in [3.63, 3.8) is 0 Å². The van der Waals surface area contributed by atoms with E-state index in [2.05, 4.69) is 4.99 Å². The maximum absolute atomic E-state index is 13.0. The summed E-state index contributed by atoms with van der Waals surface area (Å²) in [5, 5.41) is 1.90. The largest absolute Gasteiger partial charge is 0.327 e. The van der Waals surface area contributed by atoms with Gasteiger partial charge in [-0.3, -0.25) is 4.79 Å². The zero-order valence-electron chi connectivity index (χ0n) is 11.2. The second-order valence-corrected chi connectivity index (χ2v) is 6.03. The van der Waals surface area contributed by atoms with Gasteiger partial charge in [0, 0.05) is 18.6 Å². The molecule has 0 radical (unpaired) electrons. The minimum Gasteiger partial charge on any atom is -0.327 e. The van der Waals surface area contributed by atoms with Gasteiger partial charge in [-0.15, -0.1) is 11.3 Å². The SMILES string of the molecule is Cn1ccsc1=NC(=O)C1(c2ccc(F)cc2)CCC1. The van der Waals surface area contributed by atoms with E-state index < -0.39 is 5.41 Å². The van der Waals surface area contributed by atoms with Crippen molar-refractivity contribution in [2.45, 2.75) is 24.7 Å². The first-order valence-electron chi connectivity index (χ1n) is 6.57. The molecule has 1 heterocycles. The molecule has 0 N–H and O–H groups in total. The van der Waals surface area contributed by atoms with Gasteiger partial charge in [-0.05, 0) is 30.5 Å². The first-order chi connectivity index (χ1) is 9.62. The van der Waals surface area contributed by atoms with E-state index in [0.717, 1.165) is 24.8 Å². The summed E-state index contributed by atoms with van der Waals surface area (Å²) in [5.74, 6) is -0.398. The number of nitrogens with zero attached hydrogens (tertiary/aromatic N) is 2. The van der Waals surface area contributed by atoms with E-state index in [1.54, 1.807) is 12.1 Å². The van der Waals surface area contributed by atoms with Crippen LogP contribution in [0.4, 0.5) is 4.39 Å². The van der Waals surface area contributed by atoms with Crippen molar-refractivity contribution in [1.82, 2.24) is 4.57 Å². The fourth-order valence-corrected chi connectivity index (χ4v) is 3.28. The van der Waals surface area contributed by atoms with E-state index in [0.29, 0.717) is 4.80 Å². The Morgan fingerprint density at radius 1 is 1.35 bits per heavy atom. The molecule has 3 nitrogen and oxygen atoms in total. The fourth-order valence-electron chi connectivity index (χ4n) is 2.55. The molecule has 1 aromatic carbocycles. The van der Waals surface area contributed by atoms with Crippen molar-refractivity contribution in [3.05, 3.63) is 52.0 Å². The van der Waals surface area contributed by atoms with Crippen molar-refractivity contribution in [2.24, 2.45) is 12.0 Å². The molecule has 2 aromatic rings. The van der Waals surface area contributed by atoms with Crippen LogP contribution in [-0.4, -0.2) is 10.5 Å². The Bertz CT molecular complexity index is 695. The van der Waals surface area contributed by atoms with Crippen LogP contribution >= 0.6 is 11.3 Å². The van der Waals surface area contributed by atoms with Crippen molar-refractivity contribution in [3.8, 4) is 0 Å². The van der Waals surface area contributed by atoms with E-state index in [1.807, 2.05) is 23.2 Å². The molecule has 0 spiro atoms. The molecule has 104 valence electrons. The normalized spacial score (nSPS) is 17.8. The third kappa shape index (κ3) is 2.12. The van der Waals surface area contributed by atoms with Gasteiger partial charge in [-0.2, -0.15) is 4.99 Å². The summed E-state index contributed by atoms with van der Waals surface area (Å²) in [6, 6.07) is 6.23. The number of thiazole rings is 1. The second-order valence-electron chi connectivity index (χ2n) is 5.16. The van der Waals surface area contributed by atoms with Crippen LogP contribution in [0.2, 0.25) is 0 Å². The average Bonchev–Trinajstić information content (AvgIpc) is 2.76. The van der Waals surface area contributed by atoms with Gasteiger partial charge in [-0.1, -0.05) is 18.6 Å². The van der Waals surface area contributed by atoms with E-state index >= 15 is 0 Å². The molecule has 3 rings (SSSR count). The summed E-state index contributed by atoms with van der Waals surface area (Å²) in [5.41, 5.74) is 0.322. The first kappa shape index (κ1) is 13.2. The predicted octanol–water partition coefficient (Wildman–Crippen LogP) is 2.77. The summed E-state index contributed by atoms with van der Waals surface area (Å²) in [6.45, 7) is 0. The standard InChI is InChI=1S/C15H15FN2OS/c1-18-9-10-20-14(18)17-13(19)15(7-2-8-15)11-3-5-12(16)6-4-11/h3-6,9-10H,2,7-8H2,1H3. The van der Waals surface area contributed by atoms with Gasteiger partial charge in [0.05, 0.1) is 5.41 Å². The highest BCUT2D eigenvalue weighted by Crippen LogP contribution is 2.44. The summed E-state index contributed by atoms with van der Waals surface area (Å²) in [6.07, 6.45) is 4.46. The number of aromatic nitrogens is 1. The summed E-state index contributed by atoms with van der Waals surface area (Å²) < 4.78 is 14.9. The van der Waals surface area contributed by atoms with Crippen LogP contribution in [0.15, 0.2) is 40.8 Å². The lowest BCUT2D eigenvalue weighted by atomic mass is 9.64. The fraction of sp³-hybridized carbons (Fsp3) is 0.333. The molecule has 1 fully saturated rings. The molecule has 5 heteroatoms. The highest BCUT2D eigenvalue weighted by molar-refractivity contribution is 7.07. The third-order valence-electron chi connectivity index (χ3n) is 3.97. The molecule has 0 aliphatic heterocycles. The van der Waals surface area contributed by atoms with Crippen LogP contribution in [0.1, 0.15) is 24.8 Å². The van der Waals surface area contributed by atoms with Crippen LogP contribution in [0, 0.1) is 5.82 Å². The number of amides is 1. The minimum absolute atomic E-state index is 0.117. The van der Waals surface area contributed by atoms with Gasteiger partial charge in [-0.25, -0.2) is 4.39 Å². The third-order valence-corrected chi connectivity index (χ3v) is 4.82. The number of hydrogen-bond donors (Lipinski definition) is 0. The molecule has 1 amide bonds. The van der Waals surface area contributed by atoms with Crippen molar-refractivity contribution in [2.75, 3.05) is 0 Å². The van der Waals surface area contributed by atoms with Crippen LogP contribution in [-0.2, 0) is 17.3 Å². The molecule has 0 saturated heterocycles. The lowest BCUT2D eigenvalue weighted by molar-refractivity contribution is -0.126. The lowest BCUT2D eigenvalue weighted by Gasteiger charge is -2.39. The Balaban J connectivity index is 1.99. The summed E-state index contributed by atoms with van der Waals surface area (Å²) >= 11 is 1.44. The molecule has 20 heavy (non-hydrogen) atoms. The monoisotopic (exact) mass is 290 g/mol. The highest BCUT2D eigenvalue weighted by Gasteiger charge is 2.45. The zero-order chi connectivity index (χ0) is 14.2. The first-order valence-corrected chi connectivity index (χ1v) is 7.45. The molecule has 1 aliphatic carbocycles. The van der Waals surface area contributed by atoms with E-state index in [9.17, 15) is 9.18 Å². The molecule has 1 saturated carbocycles. The number of benzene rings is 1.